The van der Waals surface area contributed by atoms with Gasteiger partial charge in [-0.1, -0.05) is 35.9 Å². The smallest absolute Gasteiger partial charge is 0.305 e. The fourth-order valence-electron chi connectivity index (χ4n) is 2.19. The molecule has 0 aliphatic heterocycles. The molecule has 0 aliphatic rings. The molecule has 1 atom stereocenters. The van der Waals surface area contributed by atoms with Crippen molar-refractivity contribution in [2.75, 3.05) is 0 Å². The van der Waals surface area contributed by atoms with E-state index in [1.807, 2.05) is 12.1 Å². The summed E-state index contributed by atoms with van der Waals surface area (Å²) in [5.41, 5.74) is 6.67. The van der Waals surface area contributed by atoms with Crippen molar-refractivity contribution in [3.63, 3.8) is 0 Å². The largest absolute Gasteiger partial charge is 0.327 e. The van der Waals surface area contributed by atoms with Gasteiger partial charge in [-0.05, 0) is 36.1 Å². The number of nitrogens with two attached hydrogens (primary N) is 1. The number of nitro benzene ring substituents is 1. The van der Waals surface area contributed by atoms with Gasteiger partial charge in [0.2, 0.25) is 5.82 Å². The van der Waals surface area contributed by atoms with E-state index in [-0.39, 0.29) is 18.0 Å². The van der Waals surface area contributed by atoms with Gasteiger partial charge in [-0.15, -0.1) is 0 Å². The highest BCUT2D eigenvalue weighted by molar-refractivity contribution is 6.30. The van der Waals surface area contributed by atoms with Crippen LogP contribution in [0.25, 0.3) is 0 Å². The predicted octanol–water partition coefficient (Wildman–Crippen LogP) is 3.50. The first kappa shape index (κ1) is 15.4. The predicted molar refractivity (Wildman–Crippen MR) is 79.9 cm³/mol. The number of hydrogen-bond donors (Lipinski definition) is 1. The number of hydrogen-bond acceptors (Lipinski definition) is 3. The maximum absolute atomic E-state index is 14.0. The molecule has 2 rings (SSSR count). The molecular weight excluding hydrogens is 295 g/mol. The number of benzene rings is 2. The van der Waals surface area contributed by atoms with Crippen molar-refractivity contribution in [3.8, 4) is 0 Å². The summed E-state index contributed by atoms with van der Waals surface area (Å²) >= 11 is 5.89. The van der Waals surface area contributed by atoms with Gasteiger partial charge in [0, 0.05) is 17.1 Å². The van der Waals surface area contributed by atoms with Gasteiger partial charge in [-0.2, -0.15) is 4.39 Å². The summed E-state index contributed by atoms with van der Waals surface area (Å²) in [4.78, 5) is 9.97. The fourth-order valence-corrected chi connectivity index (χ4v) is 2.40. The third-order valence-corrected chi connectivity index (χ3v) is 3.36. The highest BCUT2D eigenvalue weighted by atomic mass is 35.5. The maximum Gasteiger partial charge on any atom is 0.305 e. The van der Waals surface area contributed by atoms with E-state index in [9.17, 15) is 14.5 Å². The summed E-state index contributed by atoms with van der Waals surface area (Å²) in [7, 11) is 0. The van der Waals surface area contributed by atoms with Crippen LogP contribution in [0.2, 0.25) is 5.02 Å². The summed E-state index contributed by atoms with van der Waals surface area (Å²) in [6.07, 6.45) is 0.739. The van der Waals surface area contributed by atoms with Crippen molar-refractivity contribution in [1.29, 1.82) is 0 Å². The Morgan fingerprint density at radius 3 is 2.62 bits per heavy atom. The van der Waals surface area contributed by atoms with Gasteiger partial charge in [0.25, 0.3) is 0 Å². The van der Waals surface area contributed by atoms with Crippen molar-refractivity contribution >= 4 is 17.3 Å². The van der Waals surface area contributed by atoms with Crippen LogP contribution in [0.3, 0.4) is 0 Å². The minimum Gasteiger partial charge on any atom is -0.327 e. The lowest BCUT2D eigenvalue weighted by atomic mass is 9.99. The zero-order chi connectivity index (χ0) is 15.4. The van der Waals surface area contributed by atoms with E-state index in [1.54, 1.807) is 12.1 Å². The Bertz CT molecular complexity index is 664. The minimum atomic E-state index is -0.816. The van der Waals surface area contributed by atoms with Gasteiger partial charge in [0.05, 0.1) is 4.92 Å². The summed E-state index contributed by atoms with van der Waals surface area (Å²) < 4.78 is 14.0. The van der Waals surface area contributed by atoms with Crippen LogP contribution < -0.4 is 5.73 Å². The molecule has 0 fully saturated rings. The van der Waals surface area contributed by atoms with Gasteiger partial charge < -0.3 is 5.73 Å². The highest BCUT2D eigenvalue weighted by Crippen LogP contribution is 2.21. The molecule has 0 spiro atoms. The quantitative estimate of drug-likeness (QED) is 0.679. The summed E-state index contributed by atoms with van der Waals surface area (Å²) in [5.74, 6) is -0.816. The van der Waals surface area contributed by atoms with Gasteiger partial charge in [0.15, 0.2) is 0 Å². The van der Waals surface area contributed by atoms with Crippen LogP contribution in [0, 0.1) is 15.9 Å². The Morgan fingerprint density at radius 1 is 1.24 bits per heavy atom. The van der Waals surface area contributed by atoms with Gasteiger partial charge in [-0.3, -0.25) is 10.1 Å². The second-order valence-electron chi connectivity index (χ2n) is 4.81. The SMILES string of the molecule is NC(Cc1cccc(Cl)c1)Cc1cccc([N+](=O)[O-])c1F. The molecule has 21 heavy (non-hydrogen) atoms. The van der Waals surface area contributed by atoms with Crippen molar-refractivity contribution in [2.24, 2.45) is 5.73 Å². The lowest BCUT2D eigenvalue weighted by Gasteiger charge is -2.12. The molecule has 2 N–H and O–H groups in total. The summed E-state index contributed by atoms with van der Waals surface area (Å²) in [5, 5.41) is 11.3. The molecule has 0 radical (unpaired) electrons. The van der Waals surface area contributed by atoms with Crippen LogP contribution in [0.15, 0.2) is 42.5 Å². The van der Waals surface area contributed by atoms with Crippen molar-refractivity contribution in [3.05, 3.63) is 74.5 Å². The first-order chi connectivity index (χ1) is 9.97. The third kappa shape index (κ3) is 4.00. The molecule has 1 unspecified atom stereocenters. The Hall–Kier alpha value is -1.98. The summed E-state index contributed by atoms with van der Waals surface area (Å²) in [6.45, 7) is 0. The molecule has 0 bridgehead atoms. The average molecular weight is 309 g/mol. The minimum absolute atomic E-state index is 0.222. The normalized spacial score (nSPS) is 12.1. The van der Waals surface area contributed by atoms with Gasteiger partial charge >= 0.3 is 5.69 Å². The summed E-state index contributed by atoms with van der Waals surface area (Å²) in [6, 6.07) is 11.0. The van der Waals surface area contributed by atoms with E-state index in [4.69, 9.17) is 17.3 Å². The third-order valence-electron chi connectivity index (χ3n) is 3.12. The van der Waals surface area contributed by atoms with E-state index in [2.05, 4.69) is 0 Å². The lowest BCUT2D eigenvalue weighted by Crippen LogP contribution is -2.26. The van der Waals surface area contributed by atoms with Crippen molar-refractivity contribution < 1.29 is 9.31 Å². The zero-order valence-corrected chi connectivity index (χ0v) is 11.9. The monoisotopic (exact) mass is 308 g/mol. The van der Waals surface area contributed by atoms with E-state index in [0.717, 1.165) is 11.6 Å². The van der Waals surface area contributed by atoms with Crippen LogP contribution >= 0.6 is 11.6 Å². The van der Waals surface area contributed by atoms with Crippen molar-refractivity contribution in [2.45, 2.75) is 18.9 Å². The second kappa shape index (κ2) is 6.65. The molecule has 0 saturated carbocycles. The van der Waals surface area contributed by atoms with E-state index >= 15 is 0 Å². The van der Waals surface area contributed by atoms with Crippen LogP contribution in [-0.4, -0.2) is 11.0 Å². The van der Waals surface area contributed by atoms with Crippen LogP contribution in [0.1, 0.15) is 11.1 Å². The number of halogens is 2. The Balaban J connectivity index is 2.11. The van der Waals surface area contributed by atoms with Gasteiger partial charge in [-0.25, -0.2) is 0 Å². The Kier molecular flexibility index (Phi) is 4.88. The molecular formula is C15H14ClFN2O2. The van der Waals surface area contributed by atoms with Gasteiger partial charge in [0.1, 0.15) is 0 Å². The number of nitro groups is 1. The number of rotatable bonds is 5. The molecule has 6 heteroatoms. The first-order valence-corrected chi connectivity index (χ1v) is 6.77. The lowest BCUT2D eigenvalue weighted by molar-refractivity contribution is -0.387. The fraction of sp³-hybridized carbons (Fsp3) is 0.200. The molecule has 0 amide bonds. The van der Waals surface area contributed by atoms with E-state index in [0.29, 0.717) is 11.4 Å². The van der Waals surface area contributed by atoms with Crippen molar-refractivity contribution in [1.82, 2.24) is 0 Å². The molecule has 0 saturated heterocycles. The van der Waals surface area contributed by atoms with E-state index in [1.165, 1.54) is 12.1 Å². The molecule has 2 aromatic rings. The Labute approximate surface area is 126 Å². The van der Waals surface area contributed by atoms with Crippen LogP contribution in [-0.2, 0) is 12.8 Å². The van der Waals surface area contributed by atoms with E-state index < -0.39 is 16.4 Å². The second-order valence-corrected chi connectivity index (χ2v) is 5.24. The molecule has 0 aromatic heterocycles. The molecule has 0 heterocycles. The average Bonchev–Trinajstić information content (AvgIpc) is 2.40. The Morgan fingerprint density at radius 2 is 1.95 bits per heavy atom. The molecule has 110 valence electrons. The van der Waals surface area contributed by atoms with Crippen LogP contribution in [0.5, 0.6) is 0 Å². The molecule has 4 nitrogen and oxygen atoms in total. The first-order valence-electron chi connectivity index (χ1n) is 6.39. The maximum atomic E-state index is 14.0. The highest BCUT2D eigenvalue weighted by Gasteiger charge is 2.18. The number of nitrogens with zero attached hydrogens (tertiary/aromatic N) is 1. The zero-order valence-electron chi connectivity index (χ0n) is 11.1. The molecule has 2 aromatic carbocycles. The topological polar surface area (TPSA) is 69.2 Å². The van der Waals surface area contributed by atoms with Crippen LogP contribution in [0.4, 0.5) is 10.1 Å². The molecule has 0 aliphatic carbocycles. The standard InChI is InChI=1S/C15H14ClFN2O2/c16-12-5-1-3-10(7-12)8-13(18)9-11-4-2-6-14(15(11)17)19(20)21/h1-7,13H,8-9,18H2.